The number of likely N-dealkylation sites (tertiary alicyclic amines) is 1. The van der Waals surface area contributed by atoms with E-state index in [4.69, 9.17) is 4.42 Å². The number of carbonyl (C=O) groups is 1. The van der Waals surface area contributed by atoms with Gasteiger partial charge in [0.15, 0.2) is 0 Å². The lowest BCUT2D eigenvalue weighted by Gasteiger charge is -2.26. The van der Waals surface area contributed by atoms with E-state index in [1.165, 1.54) is 0 Å². The molecule has 1 N–H and O–H groups in total. The Morgan fingerprint density at radius 2 is 2.36 bits per heavy atom. The van der Waals surface area contributed by atoms with Gasteiger partial charge in [0.25, 0.3) is 0 Å². The van der Waals surface area contributed by atoms with Crippen molar-refractivity contribution >= 4 is 5.91 Å². The first-order chi connectivity index (χ1) is 10.7. The average Bonchev–Trinajstić information content (AvgIpc) is 3.19. The summed E-state index contributed by atoms with van der Waals surface area (Å²) in [5, 5.41) is 10.2. The summed E-state index contributed by atoms with van der Waals surface area (Å²) >= 11 is 0. The van der Waals surface area contributed by atoms with Gasteiger partial charge in [-0.3, -0.25) is 9.78 Å². The van der Waals surface area contributed by atoms with Gasteiger partial charge in [0.1, 0.15) is 11.9 Å². The summed E-state index contributed by atoms with van der Waals surface area (Å²) in [5.74, 6) is 0.661. The molecule has 0 aliphatic carbocycles. The second-order valence-electron chi connectivity index (χ2n) is 5.69. The van der Waals surface area contributed by atoms with E-state index in [0.29, 0.717) is 18.6 Å². The molecule has 2 aromatic heterocycles. The summed E-state index contributed by atoms with van der Waals surface area (Å²) in [5.41, 5.74) is 0.921. The highest BCUT2D eigenvalue weighted by atomic mass is 16.4. The number of amides is 1. The summed E-state index contributed by atoms with van der Waals surface area (Å²) in [6, 6.07) is 7.35. The molecule has 0 aromatic carbocycles. The quantitative estimate of drug-likeness (QED) is 0.920. The Kier molecular flexibility index (Phi) is 4.53. The highest BCUT2D eigenvalue weighted by Crippen LogP contribution is 2.28. The van der Waals surface area contributed by atoms with Crippen molar-refractivity contribution in [2.24, 2.45) is 0 Å². The SMILES string of the molecule is O=C(Cc1cccnc1)N1CCCC1CC(O)c1ccco1. The van der Waals surface area contributed by atoms with Crippen LogP contribution in [0.1, 0.15) is 36.7 Å². The number of aliphatic hydroxyl groups is 1. The molecule has 0 radical (unpaired) electrons. The summed E-state index contributed by atoms with van der Waals surface area (Å²) in [4.78, 5) is 18.4. The predicted octanol–water partition coefficient (Wildman–Crippen LogP) is 2.33. The van der Waals surface area contributed by atoms with Crippen LogP contribution in [0.5, 0.6) is 0 Å². The van der Waals surface area contributed by atoms with Crippen LogP contribution in [0.2, 0.25) is 0 Å². The molecule has 3 heterocycles. The van der Waals surface area contributed by atoms with Crippen molar-refractivity contribution in [3.05, 3.63) is 54.2 Å². The lowest BCUT2D eigenvalue weighted by atomic mass is 10.0. The molecule has 2 unspecified atom stereocenters. The third-order valence-electron chi connectivity index (χ3n) is 4.14. The largest absolute Gasteiger partial charge is 0.467 e. The number of aliphatic hydroxyl groups excluding tert-OH is 1. The number of rotatable bonds is 5. The van der Waals surface area contributed by atoms with Crippen molar-refractivity contribution in [1.82, 2.24) is 9.88 Å². The molecule has 1 aliphatic heterocycles. The molecule has 1 saturated heterocycles. The topological polar surface area (TPSA) is 66.6 Å². The van der Waals surface area contributed by atoms with Gasteiger partial charge in [-0.2, -0.15) is 0 Å². The van der Waals surface area contributed by atoms with Crippen LogP contribution in [0.15, 0.2) is 47.3 Å². The number of hydrogen-bond donors (Lipinski definition) is 1. The summed E-state index contributed by atoms with van der Waals surface area (Å²) in [6.07, 6.45) is 7.11. The Morgan fingerprint density at radius 3 is 3.09 bits per heavy atom. The lowest BCUT2D eigenvalue weighted by molar-refractivity contribution is -0.131. The van der Waals surface area contributed by atoms with Gasteiger partial charge in [0.05, 0.1) is 12.7 Å². The minimum absolute atomic E-state index is 0.0734. The first-order valence-corrected chi connectivity index (χ1v) is 7.64. The van der Waals surface area contributed by atoms with E-state index >= 15 is 0 Å². The Balaban J connectivity index is 1.61. The molecule has 0 bridgehead atoms. The van der Waals surface area contributed by atoms with E-state index in [9.17, 15) is 9.90 Å². The van der Waals surface area contributed by atoms with Crippen molar-refractivity contribution in [2.75, 3.05) is 6.54 Å². The minimum Gasteiger partial charge on any atom is -0.467 e. The molecule has 1 amide bonds. The fraction of sp³-hybridized carbons (Fsp3) is 0.412. The van der Waals surface area contributed by atoms with Crippen molar-refractivity contribution < 1.29 is 14.3 Å². The Hall–Kier alpha value is -2.14. The maximum absolute atomic E-state index is 12.5. The fourth-order valence-electron chi connectivity index (χ4n) is 3.04. The van der Waals surface area contributed by atoms with Crippen molar-refractivity contribution in [2.45, 2.75) is 37.8 Å². The number of carbonyl (C=O) groups excluding carboxylic acids is 1. The van der Waals surface area contributed by atoms with Crippen LogP contribution >= 0.6 is 0 Å². The van der Waals surface area contributed by atoms with Gasteiger partial charge < -0.3 is 14.4 Å². The maximum atomic E-state index is 12.5. The zero-order valence-electron chi connectivity index (χ0n) is 12.4. The van der Waals surface area contributed by atoms with Crippen LogP contribution in [0, 0.1) is 0 Å². The van der Waals surface area contributed by atoms with Gasteiger partial charge in [-0.05, 0) is 36.6 Å². The van der Waals surface area contributed by atoms with Crippen LogP contribution in [0.25, 0.3) is 0 Å². The zero-order valence-corrected chi connectivity index (χ0v) is 12.4. The van der Waals surface area contributed by atoms with Crippen molar-refractivity contribution in [3.63, 3.8) is 0 Å². The smallest absolute Gasteiger partial charge is 0.227 e. The Bertz CT molecular complexity index is 598. The van der Waals surface area contributed by atoms with E-state index in [-0.39, 0.29) is 11.9 Å². The second kappa shape index (κ2) is 6.75. The van der Waals surface area contributed by atoms with Crippen LogP contribution < -0.4 is 0 Å². The van der Waals surface area contributed by atoms with Gasteiger partial charge >= 0.3 is 0 Å². The molecular formula is C17H20N2O3. The summed E-state index contributed by atoms with van der Waals surface area (Å²) in [7, 11) is 0. The highest BCUT2D eigenvalue weighted by molar-refractivity contribution is 5.79. The third-order valence-corrected chi connectivity index (χ3v) is 4.14. The van der Waals surface area contributed by atoms with Crippen LogP contribution in [-0.2, 0) is 11.2 Å². The maximum Gasteiger partial charge on any atom is 0.227 e. The van der Waals surface area contributed by atoms with E-state index in [1.807, 2.05) is 17.0 Å². The van der Waals surface area contributed by atoms with E-state index in [2.05, 4.69) is 4.98 Å². The fourth-order valence-corrected chi connectivity index (χ4v) is 3.04. The van der Waals surface area contributed by atoms with Crippen LogP contribution in [-0.4, -0.2) is 33.5 Å². The van der Waals surface area contributed by atoms with Crippen LogP contribution in [0.3, 0.4) is 0 Å². The minimum atomic E-state index is -0.660. The average molecular weight is 300 g/mol. The lowest BCUT2D eigenvalue weighted by Crippen LogP contribution is -2.37. The summed E-state index contributed by atoms with van der Waals surface area (Å²) in [6.45, 7) is 0.759. The van der Waals surface area contributed by atoms with Gasteiger partial charge in [-0.1, -0.05) is 6.07 Å². The van der Waals surface area contributed by atoms with Gasteiger partial charge in [-0.15, -0.1) is 0 Å². The second-order valence-corrected chi connectivity index (χ2v) is 5.69. The normalized spacial score (nSPS) is 19.3. The number of hydrogen-bond acceptors (Lipinski definition) is 4. The molecule has 0 spiro atoms. The zero-order chi connectivity index (χ0) is 15.4. The van der Waals surface area contributed by atoms with Gasteiger partial charge in [-0.25, -0.2) is 0 Å². The van der Waals surface area contributed by atoms with Crippen molar-refractivity contribution in [1.29, 1.82) is 0 Å². The molecule has 5 nitrogen and oxygen atoms in total. The monoisotopic (exact) mass is 300 g/mol. The van der Waals surface area contributed by atoms with E-state index < -0.39 is 6.10 Å². The standard InChI is InChI=1S/C17H20N2O3/c20-15(16-6-3-9-22-16)11-14-5-2-8-19(14)17(21)10-13-4-1-7-18-12-13/h1,3-4,6-7,9,12,14-15,20H,2,5,8,10-11H2. The number of aromatic nitrogens is 1. The van der Waals surface area contributed by atoms with Gasteiger partial charge in [0.2, 0.25) is 5.91 Å². The number of furan rings is 1. The summed E-state index contributed by atoms with van der Waals surface area (Å²) < 4.78 is 5.24. The Morgan fingerprint density at radius 1 is 1.45 bits per heavy atom. The molecular weight excluding hydrogens is 280 g/mol. The molecule has 3 rings (SSSR count). The van der Waals surface area contributed by atoms with Crippen LogP contribution in [0.4, 0.5) is 0 Å². The molecule has 2 atom stereocenters. The Labute approximate surface area is 129 Å². The van der Waals surface area contributed by atoms with E-state index in [1.54, 1.807) is 30.8 Å². The molecule has 1 aliphatic rings. The molecule has 5 heteroatoms. The first kappa shape index (κ1) is 14.8. The molecule has 2 aromatic rings. The van der Waals surface area contributed by atoms with Crippen molar-refractivity contribution in [3.8, 4) is 0 Å². The molecule has 22 heavy (non-hydrogen) atoms. The predicted molar refractivity (Wildman–Crippen MR) is 81.0 cm³/mol. The molecule has 116 valence electrons. The van der Waals surface area contributed by atoms with E-state index in [0.717, 1.165) is 24.9 Å². The third kappa shape index (κ3) is 3.36. The first-order valence-electron chi connectivity index (χ1n) is 7.64. The number of nitrogens with zero attached hydrogens (tertiary/aromatic N) is 2. The molecule has 1 fully saturated rings. The van der Waals surface area contributed by atoms with Gasteiger partial charge in [0, 0.05) is 31.4 Å². The number of pyridine rings is 1. The molecule has 0 saturated carbocycles. The highest BCUT2D eigenvalue weighted by Gasteiger charge is 2.31.